The minimum atomic E-state index is 0.0491. The number of phenols is 1. The zero-order valence-electron chi connectivity index (χ0n) is 6.75. The van der Waals surface area contributed by atoms with Crippen molar-refractivity contribution < 1.29 is 5.11 Å². The first-order valence-electron chi connectivity index (χ1n) is 3.71. The van der Waals surface area contributed by atoms with Crippen LogP contribution in [0.4, 0.5) is 5.69 Å². The van der Waals surface area contributed by atoms with E-state index in [2.05, 4.69) is 10.1 Å². The van der Waals surface area contributed by atoms with Crippen LogP contribution in [0.2, 0.25) is 0 Å². The molecule has 0 aliphatic heterocycles. The quantitative estimate of drug-likeness (QED) is 0.491. The highest BCUT2D eigenvalue weighted by molar-refractivity contribution is 5.65. The maximum Gasteiger partial charge on any atom is 0.140 e. The third-order valence-corrected chi connectivity index (χ3v) is 1.73. The number of benzene rings is 1. The Morgan fingerprint density at radius 3 is 2.92 bits per heavy atom. The number of hydrogen-bond acceptors (Lipinski definition) is 4. The molecule has 0 amide bonds. The molecule has 0 aliphatic rings. The standard InChI is InChI=1S/C8H8N4O/c9-8-6(2-1-3-7(8)13)12-5-10-4-11-12/h1-5,13H,9H2. The lowest BCUT2D eigenvalue weighted by molar-refractivity contribution is 0.477. The fraction of sp³-hybridized carbons (Fsp3) is 0. The number of anilines is 1. The van der Waals surface area contributed by atoms with Crippen LogP contribution >= 0.6 is 0 Å². The maximum atomic E-state index is 9.31. The van der Waals surface area contributed by atoms with Crippen LogP contribution in [-0.2, 0) is 0 Å². The van der Waals surface area contributed by atoms with Crippen LogP contribution in [0.3, 0.4) is 0 Å². The van der Waals surface area contributed by atoms with Gasteiger partial charge in [-0.1, -0.05) is 6.07 Å². The molecule has 0 atom stereocenters. The number of hydrogen-bond donors (Lipinski definition) is 2. The van der Waals surface area contributed by atoms with E-state index in [1.165, 1.54) is 23.4 Å². The molecule has 0 saturated heterocycles. The summed E-state index contributed by atoms with van der Waals surface area (Å²) in [4.78, 5) is 3.78. The fourth-order valence-electron chi connectivity index (χ4n) is 1.07. The lowest BCUT2D eigenvalue weighted by Crippen LogP contribution is -1.99. The average Bonchev–Trinajstić information content (AvgIpc) is 2.62. The van der Waals surface area contributed by atoms with Gasteiger partial charge >= 0.3 is 0 Å². The molecule has 0 fully saturated rings. The summed E-state index contributed by atoms with van der Waals surface area (Å²) in [5.41, 5.74) is 6.56. The topological polar surface area (TPSA) is 77.0 Å². The lowest BCUT2D eigenvalue weighted by atomic mass is 10.2. The minimum absolute atomic E-state index is 0.0491. The minimum Gasteiger partial charge on any atom is -0.506 e. The third kappa shape index (κ3) is 1.20. The zero-order valence-corrected chi connectivity index (χ0v) is 6.75. The molecule has 0 bridgehead atoms. The molecule has 1 heterocycles. The summed E-state index contributed by atoms with van der Waals surface area (Å²) < 4.78 is 1.50. The van der Waals surface area contributed by atoms with Crippen molar-refractivity contribution in [1.82, 2.24) is 14.8 Å². The number of nitrogens with zero attached hydrogens (tertiary/aromatic N) is 3. The summed E-state index contributed by atoms with van der Waals surface area (Å²) in [6.45, 7) is 0. The molecule has 0 unspecified atom stereocenters. The molecule has 0 saturated carbocycles. The first-order valence-corrected chi connectivity index (χ1v) is 3.71. The van der Waals surface area contributed by atoms with Crippen molar-refractivity contribution in [3.63, 3.8) is 0 Å². The van der Waals surface area contributed by atoms with Crippen LogP contribution in [0.25, 0.3) is 5.69 Å². The Hall–Kier alpha value is -2.04. The predicted octanol–water partition coefficient (Wildman–Crippen LogP) is 0.555. The van der Waals surface area contributed by atoms with Gasteiger partial charge in [0, 0.05) is 0 Å². The molecule has 66 valence electrons. The van der Waals surface area contributed by atoms with Gasteiger partial charge in [-0.25, -0.2) is 9.67 Å². The van der Waals surface area contributed by atoms with Gasteiger partial charge < -0.3 is 10.8 Å². The first-order chi connectivity index (χ1) is 6.29. The number of para-hydroxylation sites is 1. The summed E-state index contributed by atoms with van der Waals surface area (Å²) in [5, 5.41) is 13.2. The molecule has 0 aliphatic carbocycles. The Morgan fingerprint density at radius 1 is 1.38 bits per heavy atom. The van der Waals surface area contributed by atoms with E-state index in [1.54, 1.807) is 12.1 Å². The molecule has 5 heteroatoms. The summed E-state index contributed by atoms with van der Waals surface area (Å²) in [7, 11) is 0. The van der Waals surface area contributed by atoms with E-state index < -0.39 is 0 Å². The Labute approximate surface area is 74.4 Å². The van der Waals surface area contributed by atoms with Crippen LogP contribution in [0.5, 0.6) is 5.75 Å². The third-order valence-electron chi connectivity index (χ3n) is 1.73. The maximum absolute atomic E-state index is 9.31. The number of nitrogens with two attached hydrogens (primary N) is 1. The Morgan fingerprint density at radius 2 is 2.23 bits per heavy atom. The Bertz CT molecular complexity index is 410. The van der Waals surface area contributed by atoms with Crippen molar-refractivity contribution in [3.05, 3.63) is 30.9 Å². The van der Waals surface area contributed by atoms with E-state index in [0.29, 0.717) is 11.4 Å². The van der Waals surface area contributed by atoms with E-state index in [1.807, 2.05) is 0 Å². The van der Waals surface area contributed by atoms with Crippen LogP contribution in [0.1, 0.15) is 0 Å². The Kier molecular flexibility index (Phi) is 1.63. The number of aromatic hydroxyl groups is 1. The summed E-state index contributed by atoms with van der Waals surface area (Å²) in [5.74, 6) is 0.0491. The van der Waals surface area contributed by atoms with E-state index in [0.717, 1.165) is 0 Å². The van der Waals surface area contributed by atoms with Gasteiger partial charge in [-0.05, 0) is 12.1 Å². The molecule has 1 aromatic carbocycles. The second-order valence-corrected chi connectivity index (χ2v) is 2.55. The van der Waals surface area contributed by atoms with Gasteiger partial charge in [0.1, 0.15) is 24.1 Å². The van der Waals surface area contributed by atoms with Crippen molar-refractivity contribution in [3.8, 4) is 11.4 Å². The second-order valence-electron chi connectivity index (χ2n) is 2.55. The van der Waals surface area contributed by atoms with Crippen LogP contribution in [0, 0.1) is 0 Å². The van der Waals surface area contributed by atoms with Crippen LogP contribution in [-0.4, -0.2) is 19.9 Å². The number of aromatic nitrogens is 3. The number of nitrogen functional groups attached to an aromatic ring is 1. The predicted molar refractivity (Wildman–Crippen MR) is 47.4 cm³/mol. The highest BCUT2D eigenvalue weighted by Gasteiger charge is 2.04. The lowest BCUT2D eigenvalue weighted by Gasteiger charge is -2.05. The highest BCUT2D eigenvalue weighted by atomic mass is 16.3. The van der Waals surface area contributed by atoms with Crippen molar-refractivity contribution in [2.45, 2.75) is 0 Å². The molecule has 2 aromatic rings. The van der Waals surface area contributed by atoms with Crippen LogP contribution in [0.15, 0.2) is 30.9 Å². The molecule has 0 radical (unpaired) electrons. The van der Waals surface area contributed by atoms with E-state index >= 15 is 0 Å². The summed E-state index contributed by atoms with van der Waals surface area (Å²) in [6, 6.07) is 4.97. The molecule has 13 heavy (non-hydrogen) atoms. The van der Waals surface area contributed by atoms with E-state index in [9.17, 15) is 5.11 Å². The van der Waals surface area contributed by atoms with Gasteiger partial charge in [0.15, 0.2) is 0 Å². The summed E-state index contributed by atoms with van der Waals surface area (Å²) in [6.07, 6.45) is 2.93. The van der Waals surface area contributed by atoms with Gasteiger partial charge in [-0.2, -0.15) is 5.10 Å². The second kappa shape index (κ2) is 2.78. The van der Waals surface area contributed by atoms with Crippen LogP contribution < -0.4 is 5.73 Å². The number of rotatable bonds is 1. The van der Waals surface area contributed by atoms with Crippen molar-refractivity contribution >= 4 is 5.69 Å². The fourth-order valence-corrected chi connectivity index (χ4v) is 1.07. The summed E-state index contributed by atoms with van der Waals surface area (Å²) >= 11 is 0. The zero-order chi connectivity index (χ0) is 9.26. The van der Waals surface area contributed by atoms with E-state index in [-0.39, 0.29) is 5.75 Å². The highest BCUT2D eigenvalue weighted by Crippen LogP contribution is 2.25. The van der Waals surface area contributed by atoms with Crippen molar-refractivity contribution in [2.75, 3.05) is 5.73 Å². The first kappa shape index (κ1) is 7.60. The van der Waals surface area contributed by atoms with Gasteiger partial charge in [0.05, 0.1) is 5.69 Å². The normalized spacial score (nSPS) is 10.2. The monoisotopic (exact) mass is 176 g/mol. The molecule has 1 aromatic heterocycles. The van der Waals surface area contributed by atoms with Gasteiger partial charge in [-0.15, -0.1) is 0 Å². The molecular formula is C8H8N4O. The van der Waals surface area contributed by atoms with Crippen molar-refractivity contribution in [1.29, 1.82) is 0 Å². The molecule has 5 nitrogen and oxygen atoms in total. The van der Waals surface area contributed by atoms with E-state index in [4.69, 9.17) is 5.73 Å². The van der Waals surface area contributed by atoms with Crippen molar-refractivity contribution in [2.24, 2.45) is 0 Å². The SMILES string of the molecule is Nc1c(O)cccc1-n1cncn1. The van der Waals surface area contributed by atoms with Gasteiger partial charge in [-0.3, -0.25) is 0 Å². The largest absolute Gasteiger partial charge is 0.506 e. The molecule has 3 N–H and O–H groups in total. The molecule has 2 rings (SSSR count). The number of phenolic OH excluding ortho intramolecular Hbond substituents is 1. The smallest absolute Gasteiger partial charge is 0.140 e. The molecule has 0 spiro atoms. The van der Waals surface area contributed by atoms with Gasteiger partial charge in [0.2, 0.25) is 0 Å². The Balaban J connectivity index is 2.59. The van der Waals surface area contributed by atoms with Gasteiger partial charge in [0.25, 0.3) is 0 Å². The average molecular weight is 176 g/mol. The molecular weight excluding hydrogens is 168 g/mol.